The Morgan fingerprint density at radius 1 is 1.43 bits per heavy atom. The Morgan fingerprint density at radius 2 is 2.14 bits per heavy atom. The van der Waals surface area contributed by atoms with E-state index in [0.29, 0.717) is 5.56 Å². The van der Waals surface area contributed by atoms with Crippen LogP contribution >= 0.6 is 0 Å². The summed E-state index contributed by atoms with van der Waals surface area (Å²) in [6.07, 6.45) is -0.459. The van der Waals surface area contributed by atoms with Crippen LogP contribution in [0.4, 0.5) is 0 Å². The number of fused-ring (bicyclic) bond motifs is 1. The van der Waals surface area contributed by atoms with Crippen molar-refractivity contribution in [2.24, 2.45) is 5.73 Å². The van der Waals surface area contributed by atoms with Crippen molar-refractivity contribution >= 4 is 11.9 Å². The number of primary amides is 1. The molecule has 0 aliphatic carbocycles. The number of hydrogen-bond acceptors (Lipinski definition) is 3. The molecule has 1 unspecified atom stereocenters. The summed E-state index contributed by atoms with van der Waals surface area (Å²) in [5, 5.41) is 0. The number of cyclic esters (lactones) is 1. The van der Waals surface area contributed by atoms with E-state index in [1.54, 1.807) is 24.3 Å². The molecule has 1 aliphatic rings. The summed E-state index contributed by atoms with van der Waals surface area (Å²) in [6, 6.07) is 7.01. The average molecular weight is 191 g/mol. The van der Waals surface area contributed by atoms with E-state index in [1.165, 1.54) is 0 Å². The van der Waals surface area contributed by atoms with Crippen molar-refractivity contribution in [3.63, 3.8) is 0 Å². The van der Waals surface area contributed by atoms with E-state index < -0.39 is 12.0 Å². The highest BCUT2D eigenvalue weighted by Crippen LogP contribution is 2.32. The first-order valence-corrected chi connectivity index (χ1v) is 4.26. The smallest absolute Gasteiger partial charge is 0.339 e. The Labute approximate surface area is 80.7 Å². The molecule has 14 heavy (non-hydrogen) atoms. The van der Waals surface area contributed by atoms with E-state index in [9.17, 15) is 9.59 Å². The molecule has 4 heteroatoms. The van der Waals surface area contributed by atoms with Crippen LogP contribution in [0.2, 0.25) is 0 Å². The Morgan fingerprint density at radius 3 is 2.86 bits per heavy atom. The van der Waals surface area contributed by atoms with Crippen molar-refractivity contribution in [2.75, 3.05) is 0 Å². The second-order valence-corrected chi connectivity index (χ2v) is 3.15. The highest BCUT2D eigenvalue weighted by molar-refractivity contribution is 5.94. The molecule has 72 valence electrons. The van der Waals surface area contributed by atoms with Crippen LogP contribution in [-0.2, 0) is 9.53 Å². The Kier molecular flexibility index (Phi) is 1.96. The van der Waals surface area contributed by atoms with E-state index in [1.807, 2.05) is 0 Å². The van der Waals surface area contributed by atoms with E-state index in [2.05, 4.69) is 0 Å². The fourth-order valence-corrected chi connectivity index (χ4v) is 1.55. The molecule has 0 bridgehead atoms. The van der Waals surface area contributed by atoms with Crippen LogP contribution < -0.4 is 5.73 Å². The largest absolute Gasteiger partial charge is 0.453 e. The van der Waals surface area contributed by atoms with Crippen molar-refractivity contribution in [1.29, 1.82) is 0 Å². The van der Waals surface area contributed by atoms with Gasteiger partial charge in [0.1, 0.15) is 6.10 Å². The number of rotatable bonds is 2. The standard InChI is InChI=1S/C10H9NO3/c11-9(12)5-8-6-3-1-2-4-7(6)10(13)14-8/h1-4,8H,5H2,(H2,11,12). The number of ether oxygens (including phenoxy) is 1. The Balaban J connectivity index is 2.34. The number of carbonyl (C=O) groups excluding carboxylic acids is 2. The maximum absolute atomic E-state index is 11.3. The summed E-state index contributed by atoms with van der Waals surface area (Å²) in [4.78, 5) is 22.0. The molecule has 0 aromatic heterocycles. The first-order chi connectivity index (χ1) is 6.68. The number of benzene rings is 1. The van der Waals surface area contributed by atoms with Gasteiger partial charge in [-0.1, -0.05) is 18.2 Å². The van der Waals surface area contributed by atoms with Crippen molar-refractivity contribution in [1.82, 2.24) is 0 Å². The summed E-state index contributed by atoms with van der Waals surface area (Å²) in [7, 11) is 0. The SMILES string of the molecule is NC(=O)CC1OC(=O)c2ccccc21. The molecule has 1 atom stereocenters. The molecule has 1 amide bonds. The number of carbonyl (C=O) groups is 2. The van der Waals surface area contributed by atoms with Gasteiger partial charge in [0, 0.05) is 5.56 Å². The van der Waals surface area contributed by atoms with Gasteiger partial charge in [-0.15, -0.1) is 0 Å². The molecular formula is C10H9NO3. The topological polar surface area (TPSA) is 69.4 Å². The van der Waals surface area contributed by atoms with Gasteiger partial charge in [-0.25, -0.2) is 4.79 Å². The van der Waals surface area contributed by atoms with Crippen LogP contribution in [0.15, 0.2) is 24.3 Å². The fraction of sp³-hybridized carbons (Fsp3) is 0.200. The van der Waals surface area contributed by atoms with Crippen LogP contribution in [-0.4, -0.2) is 11.9 Å². The molecule has 2 N–H and O–H groups in total. The summed E-state index contributed by atoms with van der Waals surface area (Å²) < 4.78 is 5.00. The van der Waals surface area contributed by atoms with E-state index >= 15 is 0 Å². The van der Waals surface area contributed by atoms with Crippen molar-refractivity contribution in [3.05, 3.63) is 35.4 Å². The molecule has 0 fully saturated rings. The van der Waals surface area contributed by atoms with Gasteiger partial charge < -0.3 is 10.5 Å². The first-order valence-electron chi connectivity index (χ1n) is 4.26. The molecule has 1 heterocycles. The monoisotopic (exact) mass is 191 g/mol. The zero-order valence-electron chi connectivity index (χ0n) is 7.40. The van der Waals surface area contributed by atoms with Gasteiger partial charge >= 0.3 is 5.97 Å². The number of esters is 1. The second-order valence-electron chi connectivity index (χ2n) is 3.15. The van der Waals surface area contributed by atoms with Crippen LogP contribution in [0, 0.1) is 0 Å². The number of nitrogens with two attached hydrogens (primary N) is 1. The number of amides is 1. The summed E-state index contributed by atoms with van der Waals surface area (Å²) in [5.74, 6) is -0.855. The molecule has 0 radical (unpaired) electrons. The van der Waals surface area contributed by atoms with Gasteiger partial charge in [0.05, 0.1) is 12.0 Å². The quantitative estimate of drug-likeness (QED) is 0.702. The lowest BCUT2D eigenvalue weighted by atomic mass is 10.0. The van der Waals surface area contributed by atoms with Crippen LogP contribution in [0.3, 0.4) is 0 Å². The molecule has 0 saturated carbocycles. The van der Waals surface area contributed by atoms with Crippen LogP contribution in [0.5, 0.6) is 0 Å². The Hall–Kier alpha value is -1.84. The summed E-state index contributed by atoms with van der Waals surface area (Å²) in [5.41, 5.74) is 6.32. The molecule has 2 rings (SSSR count). The van der Waals surface area contributed by atoms with E-state index in [0.717, 1.165) is 5.56 Å². The van der Waals surface area contributed by atoms with Crippen molar-refractivity contribution in [2.45, 2.75) is 12.5 Å². The second kappa shape index (κ2) is 3.14. The normalized spacial score (nSPS) is 18.9. The third-order valence-electron chi connectivity index (χ3n) is 2.16. The molecular weight excluding hydrogens is 182 g/mol. The minimum atomic E-state index is -0.504. The third kappa shape index (κ3) is 1.35. The zero-order chi connectivity index (χ0) is 10.1. The Bertz CT molecular complexity index is 398. The highest BCUT2D eigenvalue weighted by Gasteiger charge is 2.31. The van der Waals surface area contributed by atoms with E-state index in [4.69, 9.17) is 10.5 Å². The molecule has 0 saturated heterocycles. The highest BCUT2D eigenvalue weighted by atomic mass is 16.5. The van der Waals surface area contributed by atoms with Crippen LogP contribution in [0.25, 0.3) is 0 Å². The molecule has 1 aliphatic heterocycles. The van der Waals surface area contributed by atoms with Gasteiger partial charge in [-0.05, 0) is 6.07 Å². The lowest BCUT2D eigenvalue weighted by Gasteiger charge is -2.06. The van der Waals surface area contributed by atoms with Gasteiger partial charge in [0.15, 0.2) is 0 Å². The van der Waals surface area contributed by atoms with E-state index in [-0.39, 0.29) is 12.4 Å². The minimum absolute atomic E-state index is 0.0444. The van der Waals surface area contributed by atoms with Gasteiger partial charge in [-0.3, -0.25) is 4.79 Å². The van der Waals surface area contributed by atoms with Gasteiger partial charge in [0.2, 0.25) is 5.91 Å². The van der Waals surface area contributed by atoms with Crippen molar-refractivity contribution in [3.8, 4) is 0 Å². The van der Waals surface area contributed by atoms with Gasteiger partial charge in [0.25, 0.3) is 0 Å². The third-order valence-corrected chi connectivity index (χ3v) is 2.16. The van der Waals surface area contributed by atoms with Crippen molar-refractivity contribution < 1.29 is 14.3 Å². The lowest BCUT2D eigenvalue weighted by molar-refractivity contribution is -0.119. The minimum Gasteiger partial charge on any atom is -0.453 e. The molecule has 4 nitrogen and oxygen atoms in total. The predicted octanol–water partition coefficient (Wildman–Crippen LogP) is 0.773. The van der Waals surface area contributed by atoms with Gasteiger partial charge in [-0.2, -0.15) is 0 Å². The summed E-state index contributed by atoms with van der Waals surface area (Å²) in [6.45, 7) is 0. The van der Waals surface area contributed by atoms with Crippen LogP contribution in [0.1, 0.15) is 28.4 Å². The lowest BCUT2D eigenvalue weighted by Crippen LogP contribution is -2.15. The molecule has 0 spiro atoms. The fourth-order valence-electron chi connectivity index (χ4n) is 1.55. The number of hydrogen-bond donors (Lipinski definition) is 1. The molecule has 1 aromatic rings. The zero-order valence-corrected chi connectivity index (χ0v) is 7.40. The first kappa shape index (κ1) is 8.74. The summed E-state index contributed by atoms with van der Waals surface area (Å²) >= 11 is 0. The average Bonchev–Trinajstić information content (AvgIpc) is 2.44. The maximum Gasteiger partial charge on any atom is 0.339 e. The predicted molar refractivity (Wildman–Crippen MR) is 48.4 cm³/mol. The maximum atomic E-state index is 11.3. The molecule has 1 aromatic carbocycles.